The molecule has 1 rings (SSSR count). The van der Waals surface area contributed by atoms with Gasteiger partial charge in [0, 0.05) is 12.2 Å². The maximum Gasteiger partial charge on any atom is 0.407 e. The molecule has 0 heterocycles. The number of amides is 1. The van der Waals surface area contributed by atoms with E-state index in [4.69, 9.17) is 10.5 Å². The van der Waals surface area contributed by atoms with Gasteiger partial charge in [0.1, 0.15) is 6.10 Å². The largest absolute Gasteiger partial charge is 0.447 e. The Morgan fingerprint density at radius 1 is 1.25 bits per heavy atom. The number of hydrogen-bond acceptors (Lipinski definition) is 3. The van der Waals surface area contributed by atoms with Gasteiger partial charge in [-0.3, -0.25) is 0 Å². The molecule has 20 heavy (non-hydrogen) atoms. The van der Waals surface area contributed by atoms with Crippen LogP contribution in [0.1, 0.15) is 51.5 Å². The molecule has 0 saturated heterocycles. The highest BCUT2D eigenvalue weighted by Gasteiger charge is 2.08. The van der Waals surface area contributed by atoms with Crippen molar-refractivity contribution in [2.75, 3.05) is 5.73 Å². The van der Waals surface area contributed by atoms with Gasteiger partial charge in [-0.1, -0.05) is 38.3 Å². The second-order valence-corrected chi connectivity index (χ2v) is 5.16. The van der Waals surface area contributed by atoms with Gasteiger partial charge in [0.15, 0.2) is 0 Å². The van der Waals surface area contributed by atoms with E-state index in [0.717, 1.165) is 24.1 Å². The van der Waals surface area contributed by atoms with Gasteiger partial charge < -0.3 is 15.8 Å². The molecule has 0 fully saturated rings. The predicted molar refractivity (Wildman–Crippen MR) is 82.4 cm³/mol. The topological polar surface area (TPSA) is 64.3 Å². The number of nitrogens with one attached hydrogen (secondary N) is 1. The van der Waals surface area contributed by atoms with Crippen molar-refractivity contribution in [2.24, 2.45) is 0 Å². The molecule has 1 aromatic rings. The number of carbonyl (C=O) groups is 1. The van der Waals surface area contributed by atoms with E-state index >= 15 is 0 Å². The Kier molecular flexibility index (Phi) is 7.55. The molecular formula is C16H26N2O2. The van der Waals surface area contributed by atoms with Gasteiger partial charge in [-0.15, -0.1) is 0 Å². The summed E-state index contributed by atoms with van der Waals surface area (Å²) in [5.74, 6) is 0. The van der Waals surface area contributed by atoms with Crippen molar-refractivity contribution in [1.29, 1.82) is 0 Å². The third-order valence-corrected chi connectivity index (χ3v) is 3.19. The highest BCUT2D eigenvalue weighted by Crippen LogP contribution is 2.08. The highest BCUT2D eigenvalue weighted by atomic mass is 16.6. The fraction of sp³-hybridized carbons (Fsp3) is 0.562. The van der Waals surface area contributed by atoms with E-state index in [0.29, 0.717) is 6.54 Å². The van der Waals surface area contributed by atoms with Crippen LogP contribution in [-0.2, 0) is 11.3 Å². The van der Waals surface area contributed by atoms with Crippen LogP contribution in [0.4, 0.5) is 10.5 Å². The van der Waals surface area contributed by atoms with Crippen LogP contribution < -0.4 is 11.1 Å². The van der Waals surface area contributed by atoms with Crippen molar-refractivity contribution in [3.63, 3.8) is 0 Å². The van der Waals surface area contributed by atoms with Crippen molar-refractivity contribution >= 4 is 11.8 Å². The lowest BCUT2D eigenvalue weighted by Crippen LogP contribution is -2.27. The molecule has 0 aliphatic rings. The van der Waals surface area contributed by atoms with Gasteiger partial charge in [0.25, 0.3) is 0 Å². The van der Waals surface area contributed by atoms with Crippen molar-refractivity contribution in [3.05, 3.63) is 29.8 Å². The minimum atomic E-state index is -0.357. The fourth-order valence-corrected chi connectivity index (χ4v) is 1.95. The van der Waals surface area contributed by atoms with E-state index in [-0.39, 0.29) is 12.2 Å². The third-order valence-electron chi connectivity index (χ3n) is 3.19. The summed E-state index contributed by atoms with van der Waals surface area (Å²) < 4.78 is 5.30. The van der Waals surface area contributed by atoms with Gasteiger partial charge in [-0.05, 0) is 37.5 Å². The summed E-state index contributed by atoms with van der Waals surface area (Å²) in [4.78, 5) is 11.6. The smallest absolute Gasteiger partial charge is 0.407 e. The molecule has 0 spiro atoms. The highest BCUT2D eigenvalue weighted by molar-refractivity contribution is 5.67. The van der Waals surface area contributed by atoms with Crippen molar-refractivity contribution < 1.29 is 9.53 Å². The fourth-order valence-electron chi connectivity index (χ4n) is 1.95. The lowest BCUT2D eigenvalue weighted by Gasteiger charge is -2.13. The number of nitrogens with two attached hydrogens (primary N) is 1. The van der Waals surface area contributed by atoms with Crippen LogP contribution in [0.15, 0.2) is 24.3 Å². The van der Waals surface area contributed by atoms with E-state index in [1.807, 2.05) is 31.2 Å². The number of rotatable bonds is 8. The van der Waals surface area contributed by atoms with Crippen LogP contribution >= 0.6 is 0 Å². The Morgan fingerprint density at radius 2 is 1.95 bits per heavy atom. The van der Waals surface area contributed by atoms with Crippen molar-refractivity contribution in [1.82, 2.24) is 5.32 Å². The number of carbonyl (C=O) groups excluding carboxylic acids is 1. The summed E-state index contributed by atoms with van der Waals surface area (Å²) in [7, 11) is 0. The number of hydrogen-bond donors (Lipinski definition) is 2. The number of alkyl carbamates (subject to hydrolysis) is 1. The van der Waals surface area contributed by atoms with Crippen LogP contribution in [0, 0.1) is 0 Å². The quantitative estimate of drug-likeness (QED) is 0.560. The molecule has 0 saturated carbocycles. The van der Waals surface area contributed by atoms with E-state index < -0.39 is 0 Å². The Balaban J connectivity index is 2.17. The molecular weight excluding hydrogens is 252 g/mol. The zero-order valence-corrected chi connectivity index (χ0v) is 12.5. The Bertz CT molecular complexity index is 390. The number of unbranched alkanes of at least 4 members (excludes halogenated alkanes) is 3. The van der Waals surface area contributed by atoms with Gasteiger partial charge in [0.2, 0.25) is 0 Å². The lowest BCUT2D eigenvalue weighted by atomic mass is 10.1. The van der Waals surface area contributed by atoms with E-state index in [1.54, 1.807) is 0 Å². The first-order valence-corrected chi connectivity index (χ1v) is 7.40. The summed E-state index contributed by atoms with van der Waals surface area (Å²) in [6.45, 7) is 4.58. The van der Waals surface area contributed by atoms with Crippen molar-refractivity contribution in [3.8, 4) is 0 Å². The van der Waals surface area contributed by atoms with Crippen LogP contribution in [0.5, 0.6) is 0 Å². The van der Waals surface area contributed by atoms with E-state index in [1.165, 1.54) is 19.3 Å². The van der Waals surface area contributed by atoms with Crippen LogP contribution in [0.3, 0.4) is 0 Å². The Hall–Kier alpha value is -1.71. The molecule has 1 unspecified atom stereocenters. The SMILES string of the molecule is CCCCCCC(C)OC(=O)NCc1ccc(N)cc1. The molecule has 0 aliphatic carbocycles. The zero-order valence-electron chi connectivity index (χ0n) is 12.5. The lowest BCUT2D eigenvalue weighted by molar-refractivity contribution is 0.100. The summed E-state index contributed by atoms with van der Waals surface area (Å²) in [5, 5.41) is 2.75. The zero-order chi connectivity index (χ0) is 14.8. The summed E-state index contributed by atoms with van der Waals surface area (Å²) >= 11 is 0. The predicted octanol–water partition coefficient (Wildman–Crippen LogP) is 3.85. The maximum absolute atomic E-state index is 11.6. The van der Waals surface area contributed by atoms with Gasteiger partial charge in [0.05, 0.1) is 0 Å². The average Bonchev–Trinajstić information content (AvgIpc) is 2.43. The van der Waals surface area contributed by atoms with Gasteiger partial charge >= 0.3 is 6.09 Å². The number of anilines is 1. The standard InChI is InChI=1S/C16H26N2O2/c1-3-4-5-6-7-13(2)20-16(19)18-12-14-8-10-15(17)11-9-14/h8-11,13H,3-7,12,17H2,1-2H3,(H,18,19). The molecule has 0 bridgehead atoms. The van der Waals surface area contributed by atoms with Gasteiger partial charge in [-0.25, -0.2) is 4.79 Å². The second-order valence-electron chi connectivity index (χ2n) is 5.16. The normalized spacial score (nSPS) is 11.9. The summed E-state index contributed by atoms with van der Waals surface area (Å²) in [5.41, 5.74) is 7.33. The molecule has 0 aliphatic heterocycles. The average molecular weight is 278 g/mol. The molecule has 3 N–H and O–H groups in total. The number of benzene rings is 1. The molecule has 1 amide bonds. The van der Waals surface area contributed by atoms with Crippen LogP contribution in [0.2, 0.25) is 0 Å². The minimum absolute atomic E-state index is 0.0294. The maximum atomic E-state index is 11.6. The Labute approximate surface area is 121 Å². The van der Waals surface area contributed by atoms with E-state index in [9.17, 15) is 4.79 Å². The van der Waals surface area contributed by atoms with Crippen LogP contribution in [-0.4, -0.2) is 12.2 Å². The molecule has 0 aromatic heterocycles. The van der Waals surface area contributed by atoms with E-state index in [2.05, 4.69) is 12.2 Å². The second kappa shape index (κ2) is 9.23. The third kappa shape index (κ3) is 7.02. The number of ether oxygens (including phenoxy) is 1. The van der Waals surface area contributed by atoms with Gasteiger partial charge in [-0.2, -0.15) is 0 Å². The molecule has 4 heteroatoms. The first-order valence-electron chi connectivity index (χ1n) is 7.40. The monoisotopic (exact) mass is 278 g/mol. The molecule has 4 nitrogen and oxygen atoms in total. The summed E-state index contributed by atoms with van der Waals surface area (Å²) in [6, 6.07) is 7.42. The molecule has 1 atom stereocenters. The first kappa shape index (κ1) is 16.3. The van der Waals surface area contributed by atoms with Crippen LogP contribution in [0.25, 0.3) is 0 Å². The van der Waals surface area contributed by atoms with Crippen molar-refractivity contribution in [2.45, 2.75) is 58.6 Å². The number of nitrogen functional groups attached to an aromatic ring is 1. The first-order chi connectivity index (χ1) is 9.61. The minimum Gasteiger partial charge on any atom is -0.447 e. The summed E-state index contributed by atoms with van der Waals surface area (Å²) in [6.07, 6.45) is 5.32. The molecule has 0 radical (unpaired) electrons. The molecule has 112 valence electrons. The molecule has 1 aromatic carbocycles. The Morgan fingerprint density at radius 3 is 2.60 bits per heavy atom.